The van der Waals surface area contributed by atoms with Crippen molar-refractivity contribution in [3.63, 3.8) is 0 Å². The van der Waals surface area contributed by atoms with Crippen LogP contribution in [-0.2, 0) is 12.8 Å². The standard InChI is InChI=1S/C51H39NO2/c1-31-21-25-40-49(27-31)54-47-19-9-12-36(50(40)47)28-35-11-3-4-13-37(35)41-29-33(23-22-32(41)2)34-24-26-44-42(30-34)38-14-5-7-16-43(38)52(44)45-17-10-20-48-51(45)39-15-6-8-18-46(39)53-48/h3-26,29-31,48,51H,27-28H2,1-2H3. The highest BCUT2D eigenvalue weighted by Gasteiger charge is 2.38. The summed E-state index contributed by atoms with van der Waals surface area (Å²) in [4.78, 5) is 0. The molecule has 8 aromatic rings. The molecule has 3 unspecified atom stereocenters. The summed E-state index contributed by atoms with van der Waals surface area (Å²) in [5.41, 5.74) is 16.0. The maximum atomic E-state index is 6.43. The van der Waals surface area contributed by atoms with Crippen molar-refractivity contribution in [2.75, 3.05) is 0 Å². The lowest BCUT2D eigenvalue weighted by Crippen LogP contribution is -2.21. The summed E-state index contributed by atoms with van der Waals surface area (Å²) in [7, 11) is 0. The zero-order chi connectivity index (χ0) is 35.9. The zero-order valence-electron chi connectivity index (χ0n) is 30.4. The lowest BCUT2D eigenvalue weighted by molar-refractivity contribution is 0.270. The number of rotatable bonds is 5. The van der Waals surface area contributed by atoms with E-state index in [1.807, 2.05) is 0 Å². The molecule has 2 aliphatic carbocycles. The molecule has 0 saturated carbocycles. The minimum atomic E-state index is -0.00893. The number of hydrogen-bond acceptors (Lipinski definition) is 2. The first-order valence-corrected chi connectivity index (χ1v) is 19.2. The maximum Gasteiger partial charge on any atom is 0.135 e. The number of benzene rings is 6. The van der Waals surface area contributed by atoms with E-state index >= 15 is 0 Å². The number of nitrogens with zero attached hydrogens (tertiary/aromatic N) is 1. The SMILES string of the molecule is Cc1ccc(-c2ccc3c(c2)c2ccccc2n3C2=CC=CC3Oc4ccccc4C23)cc1-c1ccccc1Cc1cccc2oc3c(c12)C=CC(C)C3. The summed E-state index contributed by atoms with van der Waals surface area (Å²) in [5, 5.41) is 3.76. The van der Waals surface area contributed by atoms with Gasteiger partial charge in [0.2, 0.25) is 0 Å². The van der Waals surface area contributed by atoms with Gasteiger partial charge in [-0.15, -0.1) is 0 Å². The number of fused-ring (bicyclic) bond motifs is 9. The van der Waals surface area contributed by atoms with E-state index in [1.54, 1.807) is 0 Å². The van der Waals surface area contributed by atoms with E-state index in [-0.39, 0.29) is 12.0 Å². The highest BCUT2D eigenvalue weighted by Crippen LogP contribution is 2.48. The van der Waals surface area contributed by atoms with Crippen molar-refractivity contribution >= 4 is 44.5 Å². The Morgan fingerprint density at radius 1 is 0.704 bits per heavy atom. The fraction of sp³-hybridized carbons (Fsp3) is 0.137. The van der Waals surface area contributed by atoms with Gasteiger partial charge >= 0.3 is 0 Å². The van der Waals surface area contributed by atoms with Crippen LogP contribution in [0.2, 0.25) is 0 Å². The van der Waals surface area contributed by atoms with Crippen LogP contribution in [-0.4, -0.2) is 10.7 Å². The van der Waals surface area contributed by atoms with Crippen LogP contribution in [0.4, 0.5) is 0 Å². The van der Waals surface area contributed by atoms with Crippen LogP contribution in [0.15, 0.2) is 156 Å². The van der Waals surface area contributed by atoms with E-state index in [2.05, 4.69) is 176 Å². The number of allylic oxidation sites excluding steroid dienone is 3. The number of furan rings is 1. The minimum Gasteiger partial charge on any atom is -0.485 e. The molecule has 6 aromatic carbocycles. The van der Waals surface area contributed by atoms with Crippen molar-refractivity contribution in [1.82, 2.24) is 4.57 Å². The van der Waals surface area contributed by atoms with Gasteiger partial charge in [0.05, 0.1) is 17.0 Å². The Balaban J connectivity index is 1.00. The van der Waals surface area contributed by atoms with E-state index in [1.165, 1.54) is 83.0 Å². The lowest BCUT2D eigenvalue weighted by atomic mass is 9.88. The van der Waals surface area contributed by atoms with E-state index in [9.17, 15) is 0 Å². The normalized spacial score (nSPS) is 18.5. The van der Waals surface area contributed by atoms with Crippen LogP contribution in [0.3, 0.4) is 0 Å². The smallest absolute Gasteiger partial charge is 0.135 e. The van der Waals surface area contributed by atoms with Gasteiger partial charge in [-0.25, -0.2) is 0 Å². The second-order valence-electron chi connectivity index (χ2n) is 15.3. The summed E-state index contributed by atoms with van der Waals surface area (Å²) < 4.78 is 15.3. The van der Waals surface area contributed by atoms with Gasteiger partial charge in [0, 0.05) is 39.4 Å². The molecular formula is C51H39NO2. The van der Waals surface area contributed by atoms with Crippen molar-refractivity contribution in [3.05, 3.63) is 185 Å². The second kappa shape index (κ2) is 12.1. The Bertz CT molecular complexity index is 2910. The molecule has 3 aliphatic rings. The monoisotopic (exact) mass is 697 g/mol. The first-order chi connectivity index (χ1) is 26.6. The summed E-state index contributed by atoms with van der Waals surface area (Å²) in [5.74, 6) is 2.72. The van der Waals surface area contributed by atoms with Gasteiger partial charge in [0.1, 0.15) is 23.2 Å². The molecule has 3 nitrogen and oxygen atoms in total. The van der Waals surface area contributed by atoms with Crippen LogP contribution < -0.4 is 4.74 Å². The third-order valence-electron chi connectivity index (χ3n) is 11.9. The third-order valence-corrected chi connectivity index (χ3v) is 11.9. The fourth-order valence-corrected chi connectivity index (χ4v) is 9.35. The van der Waals surface area contributed by atoms with E-state index in [0.29, 0.717) is 5.92 Å². The zero-order valence-corrected chi connectivity index (χ0v) is 30.4. The quantitative estimate of drug-likeness (QED) is 0.179. The Morgan fingerprint density at radius 2 is 1.50 bits per heavy atom. The van der Waals surface area contributed by atoms with Gasteiger partial charge < -0.3 is 13.7 Å². The van der Waals surface area contributed by atoms with Crippen LogP contribution in [0.5, 0.6) is 5.75 Å². The molecule has 0 amide bonds. The molecule has 0 N–H and O–H groups in total. The highest BCUT2D eigenvalue weighted by atomic mass is 16.5. The first-order valence-electron chi connectivity index (χ1n) is 19.2. The average molecular weight is 698 g/mol. The van der Waals surface area contributed by atoms with Gasteiger partial charge in [-0.2, -0.15) is 0 Å². The fourth-order valence-electron chi connectivity index (χ4n) is 9.35. The largest absolute Gasteiger partial charge is 0.485 e. The Labute approximate surface area is 315 Å². The van der Waals surface area contributed by atoms with Crippen molar-refractivity contribution in [1.29, 1.82) is 0 Å². The summed E-state index contributed by atoms with van der Waals surface area (Å²) in [6.07, 6.45) is 13.0. The van der Waals surface area contributed by atoms with Gasteiger partial charge in [-0.3, -0.25) is 0 Å². The molecular weight excluding hydrogens is 659 g/mol. The number of aromatic nitrogens is 1. The molecule has 0 spiro atoms. The van der Waals surface area contributed by atoms with Crippen LogP contribution >= 0.6 is 0 Å². The predicted octanol–water partition coefficient (Wildman–Crippen LogP) is 12.9. The Kier molecular flexibility index (Phi) is 7.00. The third kappa shape index (κ3) is 4.81. The van der Waals surface area contributed by atoms with E-state index in [0.717, 1.165) is 29.9 Å². The molecule has 3 heteroatoms. The first kappa shape index (κ1) is 31.2. The van der Waals surface area contributed by atoms with Crippen molar-refractivity contribution in [2.45, 2.75) is 38.7 Å². The molecule has 0 radical (unpaired) electrons. The second-order valence-corrected chi connectivity index (χ2v) is 15.3. The topological polar surface area (TPSA) is 27.3 Å². The minimum absolute atomic E-state index is 0.00893. The number of aryl methyl sites for hydroxylation is 1. The van der Waals surface area contributed by atoms with Crippen molar-refractivity contribution in [2.24, 2.45) is 5.92 Å². The van der Waals surface area contributed by atoms with Crippen molar-refractivity contribution in [3.8, 4) is 28.0 Å². The molecule has 3 heterocycles. The van der Waals surface area contributed by atoms with E-state index in [4.69, 9.17) is 9.15 Å². The van der Waals surface area contributed by atoms with E-state index < -0.39 is 0 Å². The maximum absolute atomic E-state index is 6.43. The van der Waals surface area contributed by atoms with Crippen LogP contribution in [0.1, 0.15) is 46.4 Å². The predicted molar refractivity (Wildman–Crippen MR) is 223 cm³/mol. The summed E-state index contributed by atoms with van der Waals surface area (Å²) in [6.45, 7) is 4.49. The highest BCUT2D eigenvalue weighted by molar-refractivity contribution is 6.11. The van der Waals surface area contributed by atoms with Gasteiger partial charge in [-0.05, 0) is 107 Å². The van der Waals surface area contributed by atoms with Crippen molar-refractivity contribution < 1.29 is 9.15 Å². The van der Waals surface area contributed by atoms with Crippen LogP contribution in [0, 0.1) is 12.8 Å². The van der Waals surface area contributed by atoms with Crippen LogP contribution in [0.25, 0.3) is 66.8 Å². The average Bonchev–Trinajstić information content (AvgIpc) is 3.88. The molecule has 0 saturated heterocycles. The molecule has 2 aromatic heterocycles. The molecule has 54 heavy (non-hydrogen) atoms. The molecule has 0 fully saturated rings. The van der Waals surface area contributed by atoms with Gasteiger partial charge in [0.15, 0.2) is 0 Å². The lowest BCUT2D eigenvalue weighted by Gasteiger charge is -2.25. The number of hydrogen-bond donors (Lipinski definition) is 0. The summed E-state index contributed by atoms with van der Waals surface area (Å²) in [6, 6.07) is 46.7. The molecule has 0 bridgehead atoms. The molecule has 1 aliphatic heterocycles. The number of ether oxygens (including phenoxy) is 1. The van der Waals surface area contributed by atoms with Gasteiger partial charge in [-0.1, -0.05) is 116 Å². The Morgan fingerprint density at radius 3 is 2.46 bits per heavy atom. The molecule has 3 atom stereocenters. The van der Waals surface area contributed by atoms with Gasteiger partial charge in [0.25, 0.3) is 0 Å². The molecule has 260 valence electrons. The molecule has 11 rings (SSSR count). The summed E-state index contributed by atoms with van der Waals surface area (Å²) >= 11 is 0. The Hall–Kier alpha value is -6.32. The number of para-hydroxylation sites is 2.